The predicted octanol–water partition coefficient (Wildman–Crippen LogP) is 2.15. The average Bonchev–Trinajstić information content (AvgIpc) is 3.21. The van der Waals surface area contributed by atoms with Crippen LogP contribution in [0.3, 0.4) is 0 Å². The second-order valence-corrected chi connectivity index (χ2v) is 8.93. The number of amides is 2. The number of rotatable bonds is 3. The topological polar surface area (TPSA) is 101 Å². The molecule has 2 aliphatic heterocycles. The average molecular weight is 431 g/mol. The van der Waals surface area contributed by atoms with E-state index < -0.39 is 5.60 Å². The zero-order chi connectivity index (χ0) is 22.0. The SMILES string of the molecule is CC(C)(C)OC(=O)N1CCC(C(=O)Nc2cc(N3CCOCC3)n3nccc3n2)CC1. The van der Waals surface area contributed by atoms with Crippen molar-refractivity contribution >= 4 is 29.3 Å². The van der Waals surface area contributed by atoms with E-state index in [1.165, 1.54) is 0 Å². The first kappa shape index (κ1) is 21.4. The Morgan fingerprint density at radius 2 is 1.87 bits per heavy atom. The number of carbonyl (C=O) groups excluding carboxylic acids is 2. The Hall–Kier alpha value is -2.88. The molecule has 2 aromatic heterocycles. The Morgan fingerprint density at radius 3 is 2.55 bits per heavy atom. The van der Waals surface area contributed by atoms with Crippen LogP contribution in [0.5, 0.6) is 0 Å². The molecule has 0 aliphatic carbocycles. The summed E-state index contributed by atoms with van der Waals surface area (Å²) in [5, 5.41) is 7.34. The molecule has 0 radical (unpaired) electrons. The summed E-state index contributed by atoms with van der Waals surface area (Å²) in [6.07, 6.45) is 2.56. The lowest BCUT2D eigenvalue weighted by molar-refractivity contribution is -0.121. The van der Waals surface area contributed by atoms with E-state index >= 15 is 0 Å². The number of fused-ring (bicyclic) bond motifs is 1. The van der Waals surface area contributed by atoms with Gasteiger partial charge in [-0.25, -0.2) is 9.78 Å². The highest BCUT2D eigenvalue weighted by atomic mass is 16.6. The number of ether oxygens (including phenoxy) is 2. The third-order valence-electron chi connectivity index (χ3n) is 5.44. The number of carbonyl (C=O) groups is 2. The van der Waals surface area contributed by atoms with E-state index in [4.69, 9.17) is 9.47 Å². The third kappa shape index (κ3) is 5.07. The van der Waals surface area contributed by atoms with Crippen molar-refractivity contribution in [3.8, 4) is 0 Å². The highest BCUT2D eigenvalue weighted by Gasteiger charge is 2.30. The zero-order valence-electron chi connectivity index (χ0n) is 18.3. The fourth-order valence-corrected chi connectivity index (χ4v) is 3.86. The van der Waals surface area contributed by atoms with Crippen LogP contribution in [0.15, 0.2) is 18.3 Å². The van der Waals surface area contributed by atoms with Crippen LogP contribution < -0.4 is 10.2 Å². The molecule has 1 N–H and O–H groups in total. The highest BCUT2D eigenvalue weighted by Crippen LogP contribution is 2.24. The first-order chi connectivity index (χ1) is 14.8. The van der Waals surface area contributed by atoms with Crippen LogP contribution in [0, 0.1) is 5.92 Å². The Balaban J connectivity index is 1.40. The van der Waals surface area contributed by atoms with Gasteiger partial charge in [0.05, 0.1) is 19.4 Å². The summed E-state index contributed by atoms with van der Waals surface area (Å²) in [4.78, 5) is 33.5. The fourth-order valence-electron chi connectivity index (χ4n) is 3.86. The van der Waals surface area contributed by atoms with Gasteiger partial charge in [-0.05, 0) is 33.6 Å². The van der Waals surface area contributed by atoms with Gasteiger partial charge in [-0.3, -0.25) is 4.79 Å². The number of hydrogen-bond donors (Lipinski definition) is 1. The van der Waals surface area contributed by atoms with Gasteiger partial charge in [0.1, 0.15) is 17.2 Å². The summed E-state index contributed by atoms with van der Waals surface area (Å²) in [6.45, 7) is 9.38. The molecule has 0 aromatic carbocycles. The molecule has 2 saturated heterocycles. The van der Waals surface area contributed by atoms with Gasteiger partial charge in [-0.1, -0.05) is 0 Å². The van der Waals surface area contributed by atoms with Gasteiger partial charge in [-0.15, -0.1) is 0 Å². The van der Waals surface area contributed by atoms with Crippen LogP contribution in [-0.2, 0) is 14.3 Å². The van der Waals surface area contributed by atoms with Crippen LogP contribution in [0.1, 0.15) is 33.6 Å². The van der Waals surface area contributed by atoms with Crippen molar-refractivity contribution in [2.45, 2.75) is 39.2 Å². The summed E-state index contributed by atoms with van der Waals surface area (Å²) < 4.78 is 12.7. The summed E-state index contributed by atoms with van der Waals surface area (Å²) in [5.74, 6) is 1.14. The quantitative estimate of drug-likeness (QED) is 0.796. The molecule has 2 amide bonds. The van der Waals surface area contributed by atoms with E-state index in [1.54, 1.807) is 15.6 Å². The number of anilines is 2. The van der Waals surface area contributed by atoms with Crippen molar-refractivity contribution in [1.29, 1.82) is 0 Å². The maximum Gasteiger partial charge on any atom is 0.410 e. The lowest BCUT2D eigenvalue weighted by Gasteiger charge is -2.33. The highest BCUT2D eigenvalue weighted by molar-refractivity contribution is 5.92. The maximum absolute atomic E-state index is 12.9. The number of nitrogens with zero attached hydrogens (tertiary/aromatic N) is 5. The molecule has 2 aromatic rings. The van der Waals surface area contributed by atoms with Crippen LogP contribution >= 0.6 is 0 Å². The van der Waals surface area contributed by atoms with Gasteiger partial charge in [0, 0.05) is 44.2 Å². The molecule has 10 nitrogen and oxygen atoms in total. The Morgan fingerprint density at radius 1 is 1.16 bits per heavy atom. The van der Waals surface area contributed by atoms with Crippen molar-refractivity contribution in [1.82, 2.24) is 19.5 Å². The van der Waals surface area contributed by atoms with Gasteiger partial charge < -0.3 is 24.6 Å². The molecule has 168 valence electrons. The molecule has 31 heavy (non-hydrogen) atoms. The summed E-state index contributed by atoms with van der Waals surface area (Å²) in [7, 11) is 0. The number of likely N-dealkylation sites (tertiary alicyclic amines) is 1. The van der Waals surface area contributed by atoms with Gasteiger partial charge >= 0.3 is 6.09 Å². The third-order valence-corrected chi connectivity index (χ3v) is 5.44. The molecular weight excluding hydrogens is 400 g/mol. The van der Waals surface area contributed by atoms with E-state index in [9.17, 15) is 9.59 Å². The van der Waals surface area contributed by atoms with E-state index in [2.05, 4.69) is 20.3 Å². The molecule has 10 heteroatoms. The minimum atomic E-state index is -0.526. The van der Waals surface area contributed by atoms with Crippen LogP contribution in [-0.4, -0.2) is 76.5 Å². The summed E-state index contributed by atoms with van der Waals surface area (Å²) in [6, 6.07) is 3.68. The monoisotopic (exact) mass is 430 g/mol. The minimum Gasteiger partial charge on any atom is -0.444 e. The molecule has 2 aliphatic rings. The number of aromatic nitrogens is 3. The van der Waals surface area contributed by atoms with E-state index in [-0.39, 0.29) is 17.9 Å². The fraction of sp³-hybridized carbons (Fsp3) is 0.619. The van der Waals surface area contributed by atoms with Crippen LogP contribution in [0.2, 0.25) is 0 Å². The maximum atomic E-state index is 12.9. The molecule has 0 unspecified atom stereocenters. The summed E-state index contributed by atoms with van der Waals surface area (Å²) in [5.41, 5.74) is 0.153. The molecule has 4 heterocycles. The molecule has 0 saturated carbocycles. The van der Waals surface area contributed by atoms with Gasteiger partial charge in [0.2, 0.25) is 5.91 Å². The second kappa shape index (κ2) is 8.70. The minimum absolute atomic E-state index is 0.0758. The second-order valence-electron chi connectivity index (χ2n) is 8.93. The molecule has 0 spiro atoms. The molecular formula is C21H30N6O4. The number of morpholine rings is 1. The molecule has 0 atom stereocenters. The van der Waals surface area contributed by atoms with Crippen molar-refractivity contribution in [2.24, 2.45) is 5.92 Å². The molecule has 4 rings (SSSR count). The lowest BCUT2D eigenvalue weighted by Crippen LogP contribution is -2.43. The van der Waals surface area contributed by atoms with Gasteiger partial charge in [0.15, 0.2) is 5.65 Å². The first-order valence-corrected chi connectivity index (χ1v) is 10.8. The largest absolute Gasteiger partial charge is 0.444 e. The van der Waals surface area contributed by atoms with E-state index in [0.717, 1.165) is 18.9 Å². The number of hydrogen-bond acceptors (Lipinski definition) is 7. The van der Waals surface area contributed by atoms with Crippen molar-refractivity contribution < 1.29 is 19.1 Å². The first-order valence-electron chi connectivity index (χ1n) is 10.8. The predicted molar refractivity (Wildman–Crippen MR) is 115 cm³/mol. The number of piperidine rings is 1. The molecule has 2 fully saturated rings. The zero-order valence-corrected chi connectivity index (χ0v) is 18.3. The van der Waals surface area contributed by atoms with Crippen molar-refractivity contribution in [2.75, 3.05) is 49.6 Å². The normalized spacial score (nSPS) is 18.3. The number of nitrogens with one attached hydrogen (secondary N) is 1. The van der Waals surface area contributed by atoms with Gasteiger partial charge in [-0.2, -0.15) is 9.61 Å². The van der Waals surface area contributed by atoms with Crippen molar-refractivity contribution in [3.05, 3.63) is 18.3 Å². The lowest BCUT2D eigenvalue weighted by atomic mass is 9.96. The smallest absolute Gasteiger partial charge is 0.410 e. The van der Waals surface area contributed by atoms with Gasteiger partial charge in [0.25, 0.3) is 0 Å². The van der Waals surface area contributed by atoms with E-state index in [1.807, 2.05) is 32.9 Å². The Bertz CT molecular complexity index is 939. The van der Waals surface area contributed by atoms with Crippen LogP contribution in [0.25, 0.3) is 5.65 Å². The summed E-state index contributed by atoms with van der Waals surface area (Å²) >= 11 is 0. The van der Waals surface area contributed by atoms with Crippen LogP contribution in [0.4, 0.5) is 16.4 Å². The Kier molecular flexibility index (Phi) is 5.99. The van der Waals surface area contributed by atoms with E-state index in [0.29, 0.717) is 50.6 Å². The van der Waals surface area contributed by atoms with Crippen molar-refractivity contribution in [3.63, 3.8) is 0 Å². The standard InChI is InChI=1S/C21H30N6O4/c1-21(2,3)31-20(29)26-8-5-15(6-9-26)19(28)24-16-14-18(25-10-12-30-13-11-25)27-17(23-16)4-7-22-27/h4,7,14-15H,5-6,8-13H2,1-3H3,(H,23,24,28). The Labute approximate surface area is 181 Å². The molecule has 0 bridgehead atoms.